The van der Waals surface area contributed by atoms with Gasteiger partial charge in [-0.2, -0.15) is 0 Å². The van der Waals surface area contributed by atoms with Crippen LogP contribution in [0.5, 0.6) is 0 Å². The van der Waals surface area contributed by atoms with E-state index in [1.54, 1.807) is 7.11 Å². The molecule has 1 N–H and O–H groups in total. The molecule has 0 aromatic carbocycles. The highest BCUT2D eigenvalue weighted by atomic mass is 16.5. The van der Waals surface area contributed by atoms with Crippen LogP contribution < -0.4 is 4.90 Å². The lowest BCUT2D eigenvalue weighted by molar-refractivity contribution is 0.206. The van der Waals surface area contributed by atoms with Gasteiger partial charge in [-0.05, 0) is 12.1 Å². The zero-order chi connectivity index (χ0) is 12.3. The molecular weight excluding hydrogens is 218 g/mol. The number of hydrogen-bond acceptors (Lipinski definition) is 4. The molecule has 5 heteroatoms. The van der Waals surface area contributed by atoms with Crippen LogP contribution in [0, 0.1) is 0 Å². The fourth-order valence-corrected chi connectivity index (χ4v) is 1.82. The minimum atomic E-state index is -0.0299. The Labute approximate surface area is 100 Å². The first-order valence-electron chi connectivity index (χ1n) is 5.55. The van der Waals surface area contributed by atoms with E-state index in [0.717, 1.165) is 23.7 Å². The molecule has 0 fully saturated rings. The van der Waals surface area contributed by atoms with Gasteiger partial charge in [-0.15, -0.1) is 0 Å². The molecule has 0 bridgehead atoms. The van der Waals surface area contributed by atoms with E-state index in [1.165, 1.54) is 0 Å². The number of hydrogen-bond donors (Lipinski definition) is 1. The molecule has 17 heavy (non-hydrogen) atoms. The van der Waals surface area contributed by atoms with Crippen LogP contribution in [0.3, 0.4) is 0 Å². The van der Waals surface area contributed by atoms with Gasteiger partial charge in [0.2, 0.25) is 0 Å². The van der Waals surface area contributed by atoms with E-state index in [2.05, 4.69) is 4.98 Å². The van der Waals surface area contributed by atoms with E-state index in [0.29, 0.717) is 6.61 Å². The Morgan fingerprint density at radius 2 is 2.29 bits per heavy atom. The summed E-state index contributed by atoms with van der Waals surface area (Å²) in [6.45, 7) is 1.35. The number of imidazole rings is 1. The summed E-state index contributed by atoms with van der Waals surface area (Å²) in [7, 11) is 3.62. The summed E-state index contributed by atoms with van der Waals surface area (Å²) in [6, 6.07) is 5.78. The predicted octanol–water partition coefficient (Wildman–Crippen LogP) is 0.909. The first-order valence-corrected chi connectivity index (χ1v) is 5.55. The molecule has 0 aliphatic rings. The average molecular weight is 235 g/mol. The van der Waals surface area contributed by atoms with Crippen LogP contribution in [0.4, 0.5) is 5.82 Å². The summed E-state index contributed by atoms with van der Waals surface area (Å²) in [5, 5.41) is 9.46. The zero-order valence-electron chi connectivity index (χ0n) is 10.1. The second-order valence-corrected chi connectivity index (χ2v) is 3.88. The maximum Gasteiger partial charge on any atom is 0.153 e. The number of anilines is 1. The number of aliphatic hydroxyl groups excluding tert-OH is 1. The minimum Gasteiger partial charge on any atom is -0.390 e. The molecule has 2 heterocycles. The molecule has 2 rings (SSSR count). The van der Waals surface area contributed by atoms with Crippen LogP contribution in [-0.4, -0.2) is 41.8 Å². The van der Waals surface area contributed by atoms with Crippen molar-refractivity contribution in [3.05, 3.63) is 30.1 Å². The summed E-state index contributed by atoms with van der Waals surface area (Å²) in [5.41, 5.74) is 1.65. The molecule has 2 aromatic rings. The van der Waals surface area contributed by atoms with Crippen molar-refractivity contribution >= 4 is 11.5 Å². The monoisotopic (exact) mass is 235 g/mol. The van der Waals surface area contributed by atoms with Gasteiger partial charge in [0.05, 0.1) is 18.9 Å². The third kappa shape index (κ3) is 2.25. The topological polar surface area (TPSA) is 50.0 Å². The smallest absolute Gasteiger partial charge is 0.153 e. The van der Waals surface area contributed by atoms with Crippen molar-refractivity contribution in [3.8, 4) is 0 Å². The fraction of sp³-hybridized carbons (Fsp3) is 0.417. The zero-order valence-corrected chi connectivity index (χ0v) is 10.1. The van der Waals surface area contributed by atoms with Gasteiger partial charge >= 0.3 is 0 Å². The molecule has 0 unspecified atom stereocenters. The molecule has 0 aliphatic heterocycles. The van der Waals surface area contributed by atoms with Gasteiger partial charge in [0.15, 0.2) is 5.82 Å². The van der Waals surface area contributed by atoms with Gasteiger partial charge in [0.25, 0.3) is 0 Å². The Kier molecular flexibility index (Phi) is 3.61. The SMILES string of the molecule is COCCN(C)c1nc2ccccn2c1CO. The molecule has 92 valence electrons. The maximum atomic E-state index is 9.46. The van der Waals surface area contributed by atoms with Crippen LogP contribution in [0.1, 0.15) is 5.69 Å². The third-order valence-electron chi connectivity index (χ3n) is 2.75. The molecule has 0 radical (unpaired) electrons. The van der Waals surface area contributed by atoms with E-state index in [4.69, 9.17) is 4.74 Å². The fourth-order valence-electron chi connectivity index (χ4n) is 1.82. The standard InChI is InChI=1S/C12H17N3O2/c1-14(7-8-17-2)12-10(9-16)15-6-4-3-5-11(15)13-12/h3-6,16H,7-9H2,1-2H3. The molecule has 0 atom stereocenters. The number of ether oxygens (including phenoxy) is 1. The van der Waals surface area contributed by atoms with Crippen molar-refractivity contribution in [2.45, 2.75) is 6.61 Å². The van der Waals surface area contributed by atoms with Gasteiger partial charge < -0.3 is 14.7 Å². The highest BCUT2D eigenvalue weighted by Crippen LogP contribution is 2.20. The van der Waals surface area contributed by atoms with Gasteiger partial charge in [0, 0.05) is 26.9 Å². The first kappa shape index (κ1) is 11.9. The normalized spacial score (nSPS) is 11.0. The number of fused-ring (bicyclic) bond motifs is 1. The van der Waals surface area contributed by atoms with Crippen LogP contribution in [0.25, 0.3) is 5.65 Å². The maximum absolute atomic E-state index is 9.46. The van der Waals surface area contributed by atoms with Crippen LogP contribution in [-0.2, 0) is 11.3 Å². The Morgan fingerprint density at radius 1 is 1.47 bits per heavy atom. The summed E-state index contributed by atoms with van der Waals surface area (Å²) in [4.78, 5) is 6.50. The number of rotatable bonds is 5. The van der Waals surface area contributed by atoms with Crippen molar-refractivity contribution in [2.24, 2.45) is 0 Å². The number of nitrogens with zero attached hydrogens (tertiary/aromatic N) is 3. The number of aromatic nitrogens is 2. The summed E-state index contributed by atoms with van der Waals surface area (Å²) >= 11 is 0. The summed E-state index contributed by atoms with van der Waals surface area (Å²) < 4.78 is 6.94. The van der Waals surface area contributed by atoms with E-state index in [-0.39, 0.29) is 6.61 Å². The van der Waals surface area contributed by atoms with Gasteiger partial charge in [-0.25, -0.2) is 4.98 Å². The van der Waals surface area contributed by atoms with Gasteiger partial charge in [-0.3, -0.25) is 4.40 Å². The van der Waals surface area contributed by atoms with Crippen molar-refractivity contribution in [2.75, 3.05) is 32.2 Å². The molecule has 0 aliphatic carbocycles. The Morgan fingerprint density at radius 3 is 3.00 bits per heavy atom. The number of methoxy groups -OCH3 is 1. The first-order chi connectivity index (χ1) is 8.27. The quantitative estimate of drug-likeness (QED) is 0.837. The summed E-state index contributed by atoms with van der Waals surface area (Å²) in [6.07, 6.45) is 1.90. The second kappa shape index (κ2) is 5.16. The summed E-state index contributed by atoms with van der Waals surface area (Å²) in [5.74, 6) is 0.802. The lowest BCUT2D eigenvalue weighted by Crippen LogP contribution is -2.23. The largest absolute Gasteiger partial charge is 0.390 e. The molecule has 5 nitrogen and oxygen atoms in total. The Hall–Kier alpha value is -1.59. The third-order valence-corrected chi connectivity index (χ3v) is 2.75. The lowest BCUT2D eigenvalue weighted by Gasteiger charge is -2.17. The van der Waals surface area contributed by atoms with Crippen molar-refractivity contribution in [1.82, 2.24) is 9.38 Å². The molecule has 0 saturated heterocycles. The van der Waals surface area contributed by atoms with E-state index in [9.17, 15) is 5.11 Å². The molecule has 0 amide bonds. The van der Waals surface area contributed by atoms with Crippen LogP contribution in [0.15, 0.2) is 24.4 Å². The number of aliphatic hydroxyl groups is 1. The van der Waals surface area contributed by atoms with Crippen LogP contribution in [0.2, 0.25) is 0 Å². The highest BCUT2D eigenvalue weighted by Gasteiger charge is 2.14. The Balaban J connectivity index is 2.38. The van der Waals surface area contributed by atoms with Crippen molar-refractivity contribution < 1.29 is 9.84 Å². The molecule has 2 aromatic heterocycles. The van der Waals surface area contributed by atoms with Gasteiger partial charge in [-0.1, -0.05) is 6.07 Å². The second-order valence-electron chi connectivity index (χ2n) is 3.88. The van der Waals surface area contributed by atoms with Crippen molar-refractivity contribution in [1.29, 1.82) is 0 Å². The van der Waals surface area contributed by atoms with Gasteiger partial charge in [0.1, 0.15) is 5.65 Å². The number of likely N-dealkylation sites (N-methyl/N-ethyl adjacent to an activating group) is 1. The molecular formula is C12H17N3O2. The molecule has 0 spiro atoms. The van der Waals surface area contributed by atoms with E-state index in [1.807, 2.05) is 40.7 Å². The van der Waals surface area contributed by atoms with E-state index < -0.39 is 0 Å². The highest BCUT2D eigenvalue weighted by molar-refractivity contribution is 5.55. The Bertz CT molecular complexity index is 495. The predicted molar refractivity (Wildman–Crippen MR) is 66.3 cm³/mol. The van der Waals surface area contributed by atoms with Crippen molar-refractivity contribution in [3.63, 3.8) is 0 Å². The minimum absolute atomic E-state index is 0.0299. The van der Waals surface area contributed by atoms with E-state index >= 15 is 0 Å². The average Bonchev–Trinajstić information content (AvgIpc) is 2.74. The van der Waals surface area contributed by atoms with Crippen LogP contribution >= 0.6 is 0 Å². The molecule has 0 saturated carbocycles. The number of pyridine rings is 1. The lowest BCUT2D eigenvalue weighted by atomic mass is 10.4.